The van der Waals surface area contributed by atoms with Gasteiger partial charge in [0.15, 0.2) is 0 Å². The second kappa shape index (κ2) is 21.3. The molecule has 1 heterocycles. The number of hydrogen-bond acceptors (Lipinski definition) is 6. The molecule has 0 bridgehead atoms. The van der Waals surface area contributed by atoms with E-state index in [1.54, 1.807) is 0 Å². The first-order chi connectivity index (χ1) is 22.0. The molecule has 6 nitrogen and oxygen atoms in total. The highest BCUT2D eigenvalue weighted by Crippen LogP contribution is 2.47. The topological polar surface area (TPSA) is 66.0 Å². The lowest BCUT2D eigenvalue weighted by Crippen LogP contribution is -2.55. The Labute approximate surface area is 281 Å². The Morgan fingerprint density at radius 2 is 1.33 bits per heavy atom. The van der Waals surface area contributed by atoms with E-state index >= 15 is 0 Å². The van der Waals surface area contributed by atoms with Crippen molar-refractivity contribution in [1.29, 1.82) is 0 Å². The molecule has 45 heavy (non-hydrogen) atoms. The molecule has 3 rings (SSSR count). The molecule has 1 fully saturated rings. The molecular formula is C37H56ClNO5S. The van der Waals surface area contributed by atoms with Gasteiger partial charge in [0.2, 0.25) is 0 Å². The van der Waals surface area contributed by atoms with Crippen LogP contribution in [0.2, 0.25) is 5.02 Å². The van der Waals surface area contributed by atoms with Gasteiger partial charge in [-0.05, 0) is 67.5 Å². The third-order valence-corrected chi connectivity index (χ3v) is 10.1. The van der Waals surface area contributed by atoms with Crippen molar-refractivity contribution in [2.45, 2.75) is 121 Å². The molecule has 0 aliphatic carbocycles. The van der Waals surface area contributed by atoms with Crippen LogP contribution in [0.5, 0.6) is 0 Å². The van der Waals surface area contributed by atoms with Gasteiger partial charge >= 0.3 is 0 Å². The number of halogens is 1. The summed E-state index contributed by atoms with van der Waals surface area (Å²) in [4.78, 5) is 13.5. The predicted molar refractivity (Wildman–Crippen MR) is 189 cm³/mol. The zero-order valence-corrected chi connectivity index (χ0v) is 29.7. The largest absolute Gasteiger partial charge is 0.380 e. The van der Waals surface area contributed by atoms with E-state index in [1.165, 1.54) is 5.56 Å². The summed E-state index contributed by atoms with van der Waals surface area (Å²) in [6, 6.07) is 13.7. The van der Waals surface area contributed by atoms with Crippen LogP contribution in [0.4, 0.5) is 5.69 Å². The van der Waals surface area contributed by atoms with E-state index in [4.69, 9.17) is 30.5 Å². The van der Waals surface area contributed by atoms with Crippen LogP contribution in [-0.2, 0) is 25.4 Å². The summed E-state index contributed by atoms with van der Waals surface area (Å²) in [5, 5.41) is 3.41. The molecule has 252 valence electrons. The lowest BCUT2D eigenvalue weighted by molar-refractivity contribution is -0.149. The first kappa shape index (κ1) is 37.8. The number of ether oxygens (including phenoxy) is 4. The maximum absolute atomic E-state index is 13.5. The maximum atomic E-state index is 13.5. The second-order valence-corrected chi connectivity index (χ2v) is 13.6. The predicted octanol–water partition coefficient (Wildman–Crippen LogP) is 9.68. The van der Waals surface area contributed by atoms with Crippen molar-refractivity contribution in [3.05, 3.63) is 64.2 Å². The Balaban J connectivity index is 1.98. The molecule has 0 radical (unpaired) electrons. The number of amides is 1. The summed E-state index contributed by atoms with van der Waals surface area (Å²) >= 11 is 8.48. The Morgan fingerprint density at radius 1 is 0.756 bits per heavy atom. The highest BCUT2D eigenvalue weighted by Gasteiger charge is 2.48. The molecule has 0 aromatic heterocycles. The molecule has 0 saturated carbocycles. The van der Waals surface area contributed by atoms with E-state index in [-0.39, 0.29) is 34.7 Å². The van der Waals surface area contributed by atoms with Crippen LogP contribution in [0.15, 0.2) is 42.5 Å². The first-order valence-electron chi connectivity index (χ1n) is 17.2. The summed E-state index contributed by atoms with van der Waals surface area (Å²) in [5.41, 5.74) is 3.40. The Morgan fingerprint density at radius 3 is 1.93 bits per heavy atom. The van der Waals surface area contributed by atoms with E-state index < -0.39 is 0 Å². The Hall–Kier alpha value is -1.61. The highest BCUT2D eigenvalue weighted by molar-refractivity contribution is 8.00. The number of nitrogens with one attached hydrogen (secondary N) is 1. The number of carbonyl (C=O) groups is 1. The minimum atomic E-state index is -0.263. The third kappa shape index (κ3) is 11.9. The minimum Gasteiger partial charge on any atom is -0.380 e. The summed E-state index contributed by atoms with van der Waals surface area (Å²) < 4.78 is 26.3. The van der Waals surface area contributed by atoms with Crippen molar-refractivity contribution >= 4 is 35.0 Å². The number of carbonyl (C=O) groups excluding carboxylic acids is 1. The van der Waals surface area contributed by atoms with Gasteiger partial charge in [-0.25, -0.2) is 0 Å². The molecule has 1 saturated heterocycles. The van der Waals surface area contributed by atoms with E-state index in [0.717, 1.165) is 75.6 Å². The van der Waals surface area contributed by atoms with E-state index in [1.807, 2.05) is 54.2 Å². The zero-order valence-electron chi connectivity index (χ0n) is 28.2. The molecule has 1 amide bonds. The second-order valence-electron chi connectivity index (χ2n) is 11.8. The molecule has 2 aromatic rings. The van der Waals surface area contributed by atoms with Crippen molar-refractivity contribution in [1.82, 2.24) is 0 Å². The Kier molecular flexibility index (Phi) is 17.9. The van der Waals surface area contributed by atoms with E-state index in [0.29, 0.717) is 37.0 Å². The SMILES string of the molecule is CCCCOC[C@H]1S[C@@H](c2ccc(Cl)c(C(=O)Nc3ccc(CC)cc3)c2)[C@H](OCCCC)[C@@H](OCCCC)[C@@H]1OCCCC. The van der Waals surface area contributed by atoms with Crippen LogP contribution in [0.25, 0.3) is 0 Å². The standard InChI is InChI=1S/C37H56ClNO5S/c1-6-11-21-41-26-32-33(42-22-12-7-2)34(43-23-13-8-3)35(44-24-14-9-4)36(45-32)28-17-20-31(38)30(25-28)37(40)39-29-18-15-27(10-5)16-19-29/h15-20,25,32-36H,6-14,21-24,26H2,1-5H3,(H,39,40)/t32-,33-,34+,35-,36+/m1/s1. The lowest BCUT2D eigenvalue weighted by Gasteiger charge is -2.46. The summed E-state index contributed by atoms with van der Waals surface area (Å²) in [5.74, 6) is -0.230. The van der Waals surface area contributed by atoms with Crippen LogP contribution in [0.3, 0.4) is 0 Å². The number of rotatable bonds is 21. The van der Waals surface area contributed by atoms with E-state index in [2.05, 4.69) is 39.9 Å². The van der Waals surface area contributed by atoms with Gasteiger partial charge in [0.05, 0.1) is 27.7 Å². The van der Waals surface area contributed by atoms with Gasteiger partial charge in [-0.2, -0.15) is 0 Å². The zero-order chi connectivity index (χ0) is 32.4. The highest BCUT2D eigenvalue weighted by atomic mass is 35.5. The average Bonchev–Trinajstić information content (AvgIpc) is 3.05. The summed E-state index contributed by atoms with van der Waals surface area (Å²) in [7, 11) is 0. The summed E-state index contributed by atoms with van der Waals surface area (Å²) in [6.45, 7) is 14.1. The number of hydrogen-bond donors (Lipinski definition) is 1. The first-order valence-corrected chi connectivity index (χ1v) is 18.6. The van der Waals surface area contributed by atoms with Gasteiger partial charge in [0, 0.05) is 32.1 Å². The number of benzene rings is 2. The molecule has 0 unspecified atom stereocenters. The van der Waals surface area contributed by atoms with Gasteiger partial charge in [-0.1, -0.05) is 90.1 Å². The van der Waals surface area contributed by atoms with E-state index in [9.17, 15) is 4.79 Å². The van der Waals surface area contributed by atoms with Crippen LogP contribution in [0.1, 0.15) is 113 Å². The van der Waals surface area contributed by atoms with Gasteiger partial charge in [0.25, 0.3) is 5.91 Å². The molecule has 1 N–H and O–H groups in total. The van der Waals surface area contributed by atoms with Gasteiger partial charge in [0.1, 0.15) is 18.3 Å². The van der Waals surface area contributed by atoms with Crippen molar-refractivity contribution < 1.29 is 23.7 Å². The maximum Gasteiger partial charge on any atom is 0.257 e. The molecule has 1 aliphatic heterocycles. The van der Waals surface area contributed by atoms with Crippen molar-refractivity contribution in [3.8, 4) is 0 Å². The number of aryl methyl sites for hydroxylation is 1. The lowest BCUT2D eigenvalue weighted by atomic mass is 9.95. The number of thioether (sulfide) groups is 1. The fourth-order valence-electron chi connectivity index (χ4n) is 5.34. The van der Waals surface area contributed by atoms with Crippen LogP contribution < -0.4 is 5.32 Å². The average molecular weight is 662 g/mol. The molecule has 1 aliphatic rings. The van der Waals surface area contributed by atoms with Gasteiger partial charge in [-0.3, -0.25) is 4.79 Å². The third-order valence-electron chi connectivity index (χ3n) is 8.17. The van der Waals surface area contributed by atoms with Crippen molar-refractivity contribution in [3.63, 3.8) is 0 Å². The van der Waals surface area contributed by atoms with Crippen molar-refractivity contribution in [2.24, 2.45) is 0 Å². The quantitative estimate of drug-likeness (QED) is 0.134. The van der Waals surface area contributed by atoms with Gasteiger partial charge in [-0.15, -0.1) is 11.8 Å². The monoisotopic (exact) mass is 661 g/mol. The molecule has 2 aromatic carbocycles. The number of unbranched alkanes of at least 4 members (excludes halogenated alkanes) is 4. The minimum absolute atomic E-state index is 0.0476. The fraction of sp³-hybridized carbons (Fsp3) is 0.649. The molecular weight excluding hydrogens is 606 g/mol. The van der Waals surface area contributed by atoms with Gasteiger partial charge < -0.3 is 24.3 Å². The van der Waals surface area contributed by atoms with Crippen LogP contribution >= 0.6 is 23.4 Å². The summed E-state index contributed by atoms with van der Waals surface area (Å²) in [6.07, 6.45) is 8.47. The van der Waals surface area contributed by atoms with Crippen molar-refractivity contribution in [2.75, 3.05) is 38.4 Å². The normalized spacial score (nSPS) is 21.6. The molecule has 8 heteroatoms. The Bertz CT molecular complexity index is 1120. The van der Waals surface area contributed by atoms with Crippen LogP contribution in [-0.4, -0.2) is 62.5 Å². The smallest absolute Gasteiger partial charge is 0.257 e. The number of anilines is 1. The van der Waals surface area contributed by atoms with Crippen LogP contribution in [0, 0.1) is 0 Å². The molecule has 5 atom stereocenters. The molecule has 0 spiro atoms. The fourth-order valence-corrected chi connectivity index (χ4v) is 7.18.